The summed E-state index contributed by atoms with van der Waals surface area (Å²) in [6, 6.07) is 12.1. The summed E-state index contributed by atoms with van der Waals surface area (Å²) >= 11 is 1.64. The molecular formula is C12H8OS. The van der Waals surface area contributed by atoms with Gasteiger partial charge in [-0.3, -0.25) is 4.79 Å². The SMILES string of the molecule is O=C1CSc2cccc3cccc1c23. The maximum absolute atomic E-state index is 11.7. The monoisotopic (exact) mass is 200 g/mol. The van der Waals surface area contributed by atoms with Crippen LogP contribution < -0.4 is 0 Å². The molecule has 2 aromatic carbocycles. The topological polar surface area (TPSA) is 17.1 Å². The van der Waals surface area contributed by atoms with Crippen LogP contribution in [0.4, 0.5) is 0 Å². The van der Waals surface area contributed by atoms with Crippen LogP contribution in [0.1, 0.15) is 10.4 Å². The summed E-state index contributed by atoms with van der Waals surface area (Å²) in [6.07, 6.45) is 0. The lowest BCUT2D eigenvalue weighted by molar-refractivity contribution is 0.102. The zero-order valence-electron chi connectivity index (χ0n) is 7.49. The molecule has 0 aromatic heterocycles. The van der Waals surface area contributed by atoms with Gasteiger partial charge in [0.15, 0.2) is 5.78 Å². The summed E-state index contributed by atoms with van der Waals surface area (Å²) in [5, 5.41) is 2.30. The number of benzene rings is 2. The fourth-order valence-corrected chi connectivity index (χ4v) is 2.87. The minimum atomic E-state index is 0.249. The second-order valence-electron chi connectivity index (χ2n) is 3.37. The van der Waals surface area contributed by atoms with E-state index in [-0.39, 0.29) is 5.78 Å². The number of carbonyl (C=O) groups excluding carboxylic acids is 1. The summed E-state index contributed by atoms with van der Waals surface area (Å²) in [5.41, 5.74) is 0.886. The van der Waals surface area contributed by atoms with E-state index in [0.717, 1.165) is 10.9 Å². The van der Waals surface area contributed by atoms with E-state index in [1.807, 2.05) is 18.2 Å². The molecule has 0 saturated heterocycles. The molecule has 0 spiro atoms. The van der Waals surface area contributed by atoms with Crippen molar-refractivity contribution < 1.29 is 4.79 Å². The molecule has 1 aliphatic heterocycles. The highest BCUT2D eigenvalue weighted by molar-refractivity contribution is 8.00. The van der Waals surface area contributed by atoms with Crippen LogP contribution in [0.5, 0.6) is 0 Å². The van der Waals surface area contributed by atoms with Crippen LogP contribution in [0.15, 0.2) is 41.3 Å². The van der Waals surface area contributed by atoms with E-state index in [9.17, 15) is 4.79 Å². The summed E-state index contributed by atoms with van der Waals surface area (Å²) in [4.78, 5) is 12.9. The van der Waals surface area contributed by atoms with Gasteiger partial charge >= 0.3 is 0 Å². The van der Waals surface area contributed by atoms with Gasteiger partial charge in [-0.15, -0.1) is 11.8 Å². The van der Waals surface area contributed by atoms with Crippen LogP contribution in [0.3, 0.4) is 0 Å². The fraction of sp³-hybridized carbons (Fsp3) is 0.0833. The molecule has 1 aliphatic rings. The van der Waals surface area contributed by atoms with Crippen LogP contribution in [0.25, 0.3) is 10.8 Å². The van der Waals surface area contributed by atoms with Crippen LogP contribution >= 0.6 is 11.8 Å². The van der Waals surface area contributed by atoms with E-state index in [4.69, 9.17) is 0 Å². The number of Topliss-reactive ketones (excluding diaryl/α,β-unsaturated/α-hetero) is 1. The van der Waals surface area contributed by atoms with Gasteiger partial charge in [0, 0.05) is 15.8 Å². The third kappa shape index (κ3) is 1.01. The van der Waals surface area contributed by atoms with Crippen molar-refractivity contribution in [2.24, 2.45) is 0 Å². The highest BCUT2D eigenvalue weighted by atomic mass is 32.2. The molecule has 2 aromatic rings. The second-order valence-corrected chi connectivity index (χ2v) is 4.39. The van der Waals surface area contributed by atoms with Crippen molar-refractivity contribution in [3.05, 3.63) is 42.0 Å². The van der Waals surface area contributed by atoms with E-state index in [1.54, 1.807) is 11.8 Å². The van der Waals surface area contributed by atoms with Crippen molar-refractivity contribution in [2.45, 2.75) is 4.90 Å². The van der Waals surface area contributed by atoms with Gasteiger partial charge in [-0.1, -0.05) is 30.3 Å². The molecule has 0 unspecified atom stereocenters. The van der Waals surface area contributed by atoms with E-state index in [2.05, 4.69) is 18.2 Å². The van der Waals surface area contributed by atoms with Crippen molar-refractivity contribution in [2.75, 3.05) is 5.75 Å². The molecule has 0 aliphatic carbocycles. The number of thioether (sulfide) groups is 1. The van der Waals surface area contributed by atoms with Crippen LogP contribution in [0, 0.1) is 0 Å². The second kappa shape index (κ2) is 2.85. The molecule has 2 heteroatoms. The Morgan fingerprint density at radius 1 is 1.07 bits per heavy atom. The summed E-state index contributed by atoms with van der Waals surface area (Å²) in [7, 11) is 0. The molecule has 0 N–H and O–H groups in total. The third-order valence-electron chi connectivity index (χ3n) is 2.53. The van der Waals surface area contributed by atoms with Crippen molar-refractivity contribution in [1.82, 2.24) is 0 Å². The largest absolute Gasteiger partial charge is 0.293 e. The Labute approximate surface area is 86.1 Å². The molecule has 0 atom stereocenters. The maximum Gasteiger partial charge on any atom is 0.173 e. The van der Waals surface area contributed by atoms with Crippen LogP contribution in [-0.2, 0) is 0 Å². The molecule has 0 bridgehead atoms. The molecular weight excluding hydrogens is 192 g/mol. The molecule has 68 valence electrons. The number of hydrogen-bond acceptors (Lipinski definition) is 2. The molecule has 3 rings (SSSR count). The van der Waals surface area contributed by atoms with Gasteiger partial charge < -0.3 is 0 Å². The lowest BCUT2D eigenvalue weighted by Crippen LogP contribution is -2.07. The standard InChI is InChI=1S/C12H8OS/c13-10-7-14-11-6-2-4-8-3-1-5-9(10)12(8)11/h1-6H,7H2. The maximum atomic E-state index is 11.7. The number of carbonyl (C=O) groups is 1. The predicted molar refractivity (Wildman–Crippen MR) is 59.0 cm³/mol. The highest BCUT2D eigenvalue weighted by Crippen LogP contribution is 2.35. The molecule has 1 nitrogen and oxygen atoms in total. The van der Waals surface area contributed by atoms with Gasteiger partial charge in [0.05, 0.1) is 5.75 Å². The fourth-order valence-electron chi connectivity index (χ4n) is 1.88. The van der Waals surface area contributed by atoms with Gasteiger partial charge in [0.25, 0.3) is 0 Å². The smallest absolute Gasteiger partial charge is 0.173 e. The number of rotatable bonds is 0. The van der Waals surface area contributed by atoms with E-state index < -0.39 is 0 Å². The Kier molecular flexibility index (Phi) is 1.64. The molecule has 0 amide bonds. The first-order valence-electron chi connectivity index (χ1n) is 4.54. The molecule has 14 heavy (non-hydrogen) atoms. The summed E-state index contributed by atoms with van der Waals surface area (Å²) < 4.78 is 0. The van der Waals surface area contributed by atoms with Crippen LogP contribution in [-0.4, -0.2) is 11.5 Å². The van der Waals surface area contributed by atoms with E-state index in [0.29, 0.717) is 5.75 Å². The lowest BCUT2D eigenvalue weighted by Gasteiger charge is -2.14. The first-order chi connectivity index (χ1) is 6.86. The number of hydrogen-bond donors (Lipinski definition) is 0. The first-order valence-corrected chi connectivity index (χ1v) is 5.52. The normalized spacial score (nSPS) is 14.7. The first kappa shape index (κ1) is 8.06. The van der Waals surface area contributed by atoms with Crippen molar-refractivity contribution in [3.8, 4) is 0 Å². The Morgan fingerprint density at radius 3 is 2.71 bits per heavy atom. The number of ketones is 1. The minimum Gasteiger partial charge on any atom is -0.293 e. The third-order valence-corrected chi connectivity index (χ3v) is 3.58. The summed E-state index contributed by atoms with van der Waals surface area (Å²) in [5.74, 6) is 0.829. The van der Waals surface area contributed by atoms with Gasteiger partial charge in [0.1, 0.15) is 0 Å². The molecule has 1 heterocycles. The quantitative estimate of drug-likeness (QED) is 0.650. The van der Waals surface area contributed by atoms with Crippen LogP contribution in [0.2, 0.25) is 0 Å². The average molecular weight is 200 g/mol. The van der Waals surface area contributed by atoms with Gasteiger partial charge in [-0.2, -0.15) is 0 Å². The van der Waals surface area contributed by atoms with Gasteiger partial charge in [-0.25, -0.2) is 0 Å². The minimum absolute atomic E-state index is 0.249. The Bertz CT molecular complexity index is 526. The molecule has 0 saturated carbocycles. The van der Waals surface area contributed by atoms with Gasteiger partial charge in [0.2, 0.25) is 0 Å². The summed E-state index contributed by atoms with van der Waals surface area (Å²) in [6.45, 7) is 0. The van der Waals surface area contributed by atoms with Crippen molar-refractivity contribution >= 4 is 28.3 Å². The Hall–Kier alpha value is -1.28. The van der Waals surface area contributed by atoms with Gasteiger partial charge in [-0.05, 0) is 11.5 Å². The zero-order valence-corrected chi connectivity index (χ0v) is 8.30. The predicted octanol–water partition coefficient (Wildman–Crippen LogP) is 3.13. The molecule has 0 radical (unpaired) electrons. The van der Waals surface area contributed by atoms with Crippen molar-refractivity contribution in [3.63, 3.8) is 0 Å². The Morgan fingerprint density at radius 2 is 1.86 bits per heavy atom. The van der Waals surface area contributed by atoms with E-state index >= 15 is 0 Å². The molecule has 0 fully saturated rings. The lowest BCUT2D eigenvalue weighted by atomic mass is 10.0. The Balaban J connectivity index is 2.52. The van der Waals surface area contributed by atoms with Crippen molar-refractivity contribution in [1.29, 1.82) is 0 Å². The van der Waals surface area contributed by atoms with E-state index in [1.165, 1.54) is 10.3 Å². The zero-order chi connectivity index (χ0) is 9.54. The highest BCUT2D eigenvalue weighted by Gasteiger charge is 2.18. The average Bonchev–Trinajstić information content (AvgIpc) is 2.24.